The predicted octanol–water partition coefficient (Wildman–Crippen LogP) is 4.05. The average molecular weight is 431 g/mol. The molecule has 3 rings (SSSR count). The number of rotatable bonds is 6. The highest BCUT2D eigenvalue weighted by Crippen LogP contribution is 2.27. The molecule has 1 atom stereocenters. The summed E-state index contributed by atoms with van der Waals surface area (Å²) in [4.78, 5) is 13.2. The van der Waals surface area contributed by atoms with Gasteiger partial charge in [-0.05, 0) is 75.9 Å². The summed E-state index contributed by atoms with van der Waals surface area (Å²) >= 11 is 0. The van der Waals surface area contributed by atoms with E-state index in [1.807, 2.05) is 39.8 Å². The fourth-order valence-electron chi connectivity index (χ4n) is 4.00. The standard InChI is InChI=1S/C23H30N2O4S/c1-5-29-20-8-10-21(11-9-20)30(27,28)25-12-6-7-19(15-25)23(26)24-22-17(3)13-16(2)14-18(22)4/h8-11,13-14,19H,5-7,12,15H2,1-4H3,(H,24,26)/t19-/m0/s1. The Morgan fingerprint density at radius 2 is 1.77 bits per heavy atom. The van der Waals surface area contributed by atoms with Crippen molar-refractivity contribution in [3.05, 3.63) is 53.1 Å². The van der Waals surface area contributed by atoms with Crippen molar-refractivity contribution in [2.24, 2.45) is 5.92 Å². The van der Waals surface area contributed by atoms with E-state index in [-0.39, 0.29) is 23.3 Å². The minimum absolute atomic E-state index is 0.128. The summed E-state index contributed by atoms with van der Waals surface area (Å²) in [6.07, 6.45) is 1.32. The maximum Gasteiger partial charge on any atom is 0.243 e. The summed E-state index contributed by atoms with van der Waals surface area (Å²) in [6, 6.07) is 10.5. The Labute approximate surface area is 179 Å². The number of piperidine rings is 1. The van der Waals surface area contributed by atoms with Crippen LogP contribution in [-0.2, 0) is 14.8 Å². The van der Waals surface area contributed by atoms with Crippen LogP contribution in [0.4, 0.5) is 5.69 Å². The van der Waals surface area contributed by atoms with E-state index >= 15 is 0 Å². The lowest BCUT2D eigenvalue weighted by Gasteiger charge is -2.31. The first kappa shape index (κ1) is 22.3. The molecule has 6 nitrogen and oxygen atoms in total. The first-order valence-corrected chi connectivity index (χ1v) is 11.8. The van der Waals surface area contributed by atoms with Gasteiger partial charge in [-0.3, -0.25) is 4.79 Å². The maximum atomic E-state index is 13.1. The molecule has 0 aliphatic carbocycles. The number of hydrogen-bond acceptors (Lipinski definition) is 4. The van der Waals surface area contributed by atoms with Gasteiger partial charge in [0.25, 0.3) is 0 Å². The van der Waals surface area contributed by atoms with Gasteiger partial charge in [0, 0.05) is 18.8 Å². The quantitative estimate of drug-likeness (QED) is 0.750. The van der Waals surface area contributed by atoms with Crippen molar-refractivity contribution in [1.29, 1.82) is 0 Å². The fraction of sp³-hybridized carbons (Fsp3) is 0.435. The summed E-state index contributed by atoms with van der Waals surface area (Å²) in [6.45, 7) is 8.97. The number of aryl methyl sites for hydroxylation is 3. The lowest BCUT2D eigenvalue weighted by Crippen LogP contribution is -2.43. The zero-order valence-corrected chi connectivity index (χ0v) is 18.9. The molecule has 0 unspecified atom stereocenters. The van der Waals surface area contributed by atoms with E-state index in [0.29, 0.717) is 31.7 Å². The third-order valence-corrected chi connectivity index (χ3v) is 7.33. The van der Waals surface area contributed by atoms with Gasteiger partial charge in [-0.15, -0.1) is 0 Å². The van der Waals surface area contributed by atoms with Crippen LogP contribution < -0.4 is 10.1 Å². The highest BCUT2D eigenvalue weighted by molar-refractivity contribution is 7.89. The van der Waals surface area contributed by atoms with E-state index < -0.39 is 10.0 Å². The molecular weight excluding hydrogens is 400 g/mol. The van der Waals surface area contributed by atoms with Gasteiger partial charge in [0.05, 0.1) is 17.4 Å². The monoisotopic (exact) mass is 430 g/mol. The molecule has 0 bridgehead atoms. The van der Waals surface area contributed by atoms with Gasteiger partial charge in [0.1, 0.15) is 5.75 Å². The molecule has 1 amide bonds. The van der Waals surface area contributed by atoms with Crippen LogP contribution in [-0.4, -0.2) is 38.3 Å². The topological polar surface area (TPSA) is 75.7 Å². The van der Waals surface area contributed by atoms with Crippen molar-refractivity contribution in [2.75, 3.05) is 25.0 Å². The number of nitrogens with zero attached hydrogens (tertiary/aromatic N) is 1. The molecule has 0 radical (unpaired) electrons. The van der Waals surface area contributed by atoms with Crippen LogP contribution in [0.1, 0.15) is 36.5 Å². The van der Waals surface area contributed by atoms with E-state index in [2.05, 4.69) is 5.32 Å². The average Bonchev–Trinajstić information content (AvgIpc) is 2.71. The van der Waals surface area contributed by atoms with Crippen molar-refractivity contribution in [3.8, 4) is 5.75 Å². The first-order chi connectivity index (χ1) is 14.2. The lowest BCUT2D eigenvalue weighted by molar-refractivity contribution is -0.120. The number of benzene rings is 2. The van der Waals surface area contributed by atoms with Crippen molar-refractivity contribution >= 4 is 21.6 Å². The SMILES string of the molecule is CCOc1ccc(S(=O)(=O)N2CCC[C@H](C(=O)Nc3c(C)cc(C)cc3C)C2)cc1. The lowest BCUT2D eigenvalue weighted by atomic mass is 9.98. The fourth-order valence-corrected chi connectivity index (χ4v) is 5.52. The second-order valence-corrected chi connectivity index (χ2v) is 9.81. The molecule has 2 aromatic carbocycles. The molecule has 1 heterocycles. The minimum Gasteiger partial charge on any atom is -0.494 e. The van der Waals surface area contributed by atoms with Crippen LogP contribution in [0.3, 0.4) is 0 Å². The van der Waals surface area contributed by atoms with Gasteiger partial charge in [-0.25, -0.2) is 8.42 Å². The third-order valence-electron chi connectivity index (χ3n) is 5.45. The Bertz CT molecular complexity index is 993. The molecule has 1 saturated heterocycles. The minimum atomic E-state index is -3.66. The van der Waals surface area contributed by atoms with Crippen LogP contribution >= 0.6 is 0 Å². The van der Waals surface area contributed by atoms with Crippen molar-refractivity contribution < 1.29 is 17.9 Å². The summed E-state index contributed by atoms with van der Waals surface area (Å²) in [7, 11) is -3.66. The van der Waals surface area contributed by atoms with E-state index in [0.717, 1.165) is 22.4 Å². The van der Waals surface area contributed by atoms with E-state index in [1.165, 1.54) is 4.31 Å². The Morgan fingerprint density at radius 3 is 2.37 bits per heavy atom. The van der Waals surface area contributed by atoms with Crippen LogP contribution in [0, 0.1) is 26.7 Å². The Morgan fingerprint density at radius 1 is 1.13 bits per heavy atom. The second-order valence-electron chi connectivity index (χ2n) is 7.87. The highest BCUT2D eigenvalue weighted by atomic mass is 32.2. The smallest absolute Gasteiger partial charge is 0.243 e. The van der Waals surface area contributed by atoms with Gasteiger partial charge in [0.2, 0.25) is 15.9 Å². The van der Waals surface area contributed by atoms with E-state index in [1.54, 1.807) is 24.3 Å². The van der Waals surface area contributed by atoms with Crippen LogP contribution in [0.2, 0.25) is 0 Å². The molecule has 1 aliphatic heterocycles. The first-order valence-electron chi connectivity index (χ1n) is 10.3. The van der Waals surface area contributed by atoms with E-state index in [9.17, 15) is 13.2 Å². The molecule has 162 valence electrons. The Balaban J connectivity index is 1.73. The van der Waals surface area contributed by atoms with E-state index in [4.69, 9.17) is 4.74 Å². The molecule has 1 aliphatic rings. The number of amides is 1. The number of hydrogen-bond donors (Lipinski definition) is 1. The maximum absolute atomic E-state index is 13.1. The molecule has 0 spiro atoms. The zero-order chi connectivity index (χ0) is 21.9. The molecule has 0 saturated carbocycles. The van der Waals surface area contributed by atoms with Gasteiger partial charge in [-0.2, -0.15) is 4.31 Å². The summed E-state index contributed by atoms with van der Waals surface area (Å²) < 4.78 is 33.0. The molecule has 0 aromatic heterocycles. The third kappa shape index (κ3) is 4.84. The molecular formula is C23H30N2O4S. The molecule has 2 aromatic rings. The van der Waals surface area contributed by atoms with Gasteiger partial charge < -0.3 is 10.1 Å². The number of nitrogens with one attached hydrogen (secondary N) is 1. The normalized spacial score (nSPS) is 17.5. The Kier molecular flexibility index (Phi) is 6.83. The number of anilines is 1. The highest BCUT2D eigenvalue weighted by Gasteiger charge is 2.33. The Hall–Kier alpha value is -2.38. The number of sulfonamides is 1. The molecule has 7 heteroatoms. The van der Waals surface area contributed by atoms with Gasteiger partial charge in [-0.1, -0.05) is 17.7 Å². The summed E-state index contributed by atoms with van der Waals surface area (Å²) in [5, 5.41) is 3.03. The predicted molar refractivity (Wildman–Crippen MR) is 118 cm³/mol. The van der Waals surface area contributed by atoms with Crippen molar-refractivity contribution in [3.63, 3.8) is 0 Å². The largest absolute Gasteiger partial charge is 0.494 e. The summed E-state index contributed by atoms with van der Waals surface area (Å²) in [5.74, 6) is 0.129. The molecule has 1 N–H and O–H groups in total. The second kappa shape index (κ2) is 9.18. The number of carbonyl (C=O) groups excluding carboxylic acids is 1. The molecule has 1 fully saturated rings. The van der Waals surface area contributed by atoms with Crippen molar-refractivity contribution in [1.82, 2.24) is 4.31 Å². The van der Waals surface area contributed by atoms with Gasteiger partial charge in [0.15, 0.2) is 0 Å². The number of ether oxygens (including phenoxy) is 1. The molecule has 30 heavy (non-hydrogen) atoms. The van der Waals surface area contributed by atoms with Crippen LogP contribution in [0.15, 0.2) is 41.3 Å². The van der Waals surface area contributed by atoms with Crippen molar-refractivity contribution in [2.45, 2.75) is 45.4 Å². The van der Waals surface area contributed by atoms with Crippen LogP contribution in [0.5, 0.6) is 5.75 Å². The zero-order valence-electron chi connectivity index (χ0n) is 18.1. The van der Waals surface area contributed by atoms with Crippen LogP contribution in [0.25, 0.3) is 0 Å². The number of carbonyl (C=O) groups is 1. The van der Waals surface area contributed by atoms with Gasteiger partial charge >= 0.3 is 0 Å². The summed E-state index contributed by atoms with van der Waals surface area (Å²) in [5.41, 5.74) is 3.98.